The van der Waals surface area contributed by atoms with Crippen LogP contribution in [0.4, 0.5) is 17.1 Å². The molecule has 0 spiro atoms. The van der Waals surface area contributed by atoms with Crippen LogP contribution in [0.1, 0.15) is 0 Å². The van der Waals surface area contributed by atoms with Crippen LogP contribution >= 0.6 is 0 Å². The molecule has 11 rings (SSSR count). The summed E-state index contributed by atoms with van der Waals surface area (Å²) in [6.45, 7) is 0. The summed E-state index contributed by atoms with van der Waals surface area (Å²) >= 11 is 0. The highest BCUT2D eigenvalue weighted by molar-refractivity contribution is 6.28. The minimum atomic E-state index is 1.09. The van der Waals surface area contributed by atoms with Crippen LogP contribution in [0.2, 0.25) is 0 Å². The van der Waals surface area contributed by atoms with Gasteiger partial charge in [0.1, 0.15) is 0 Å². The number of fused-ring (bicyclic) bond motifs is 4. The molecule has 0 radical (unpaired) electrons. The summed E-state index contributed by atoms with van der Waals surface area (Å²) in [5.41, 5.74) is 18.2. The Kier molecular flexibility index (Phi) is 7.86. The zero-order valence-electron chi connectivity index (χ0n) is 31.2. The second-order valence-corrected chi connectivity index (χ2v) is 14.7. The number of pyridine rings is 1. The van der Waals surface area contributed by atoms with Gasteiger partial charge in [0.25, 0.3) is 0 Å². The third-order valence-corrected chi connectivity index (χ3v) is 11.5. The summed E-state index contributed by atoms with van der Waals surface area (Å²) in [7, 11) is 0. The summed E-state index contributed by atoms with van der Waals surface area (Å²) in [4.78, 5) is 6.70. The Balaban J connectivity index is 1.08. The van der Waals surface area contributed by atoms with Crippen molar-refractivity contribution in [3.05, 3.63) is 219 Å². The largest absolute Gasteiger partial charge is 0.310 e. The van der Waals surface area contributed by atoms with Crippen molar-refractivity contribution in [1.29, 1.82) is 0 Å². The van der Waals surface area contributed by atoms with E-state index in [1.54, 1.807) is 0 Å². The predicted octanol–water partition coefficient (Wildman–Crippen LogP) is 15.2. The maximum absolute atomic E-state index is 4.37. The van der Waals surface area contributed by atoms with Crippen molar-refractivity contribution in [1.82, 2.24) is 4.98 Å². The number of hydrogen-bond acceptors (Lipinski definition) is 2. The van der Waals surface area contributed by atoms with E-state index < -0.39 is 0 Å². The van der Waals surface area contributed by atoms with E-state index in [1.807, 2.05) is 18.5 Å². The van der Waals surface area contributed by atoms with Crippen molar-refractivity contribution in [2.45, 2.75) is 0 Å². The van der Waals surface area contributed by atoms with Gasteiger partial charge in [0, 0.05) is 35.0 Å². The van der Waals surface area contributed by atoms with Crippen LogP contribution in [0.15, 0.2) is 219 Å². The van der Waals surface area contributed by atoms with E-state index in [4.69, 9.17) is 0 Å². The molecular formula is C55H36N2. The van der Waals surface area contributed by atoms with Crippen LogP contribution in [0.5, 0.6) is 0 Å². The predicted molar refractivity (Wildman–Crippen MR) is 240 cm³/mol. The van der Waals surface area contributed by atoms with Gasteiger partial charge >= 0.3 is 0 Å². The number of nitrogens with zero attached hydrogens (tertiary/aromatic N) is 2. The highest BCUT2D eigenvalue weighted by atomic mass is 15.1. The lowest BCUT2D eigenvalue weighted by Crippen LogP contribution is -2.09. The fourth-order valence-corrected chi connectivity index (χ4v) is 9.03. The lowest BCUT2D eigenvalue weighted by molar-refractivity contribution is 1.28. The zero-order chi connectivity index (χ0) is 37.7. The Morgan fingerprint density at radius 3 is 1.46 bits per heavy atom. The van der Waals surface area contributed by atoms with Gasteiger partial charge in [-0.15, -0.1) is 0 Å². The van der Waals surface area contributed by atoms with E-state index in [1.165, 1.54) is 77.2 Å². The van der Waals surface area contributed by atoms with E-state index in [9.17, 15) is 0 Å². The number of aromatic nitrogens is 1. The minimum Gasteiger partial charge on any atom is -0.310 e. The van der Waals surface area contributed by atoms with E-state index >= 15 is 0 Å². The SMILES string of the molecule is c1ccc(-c2c3c(c(-c4ccccc4)c4ccccc24)-c2ccc(-c4ccc(N(c5ccccc5)c5cccc(-c6cccnc6)c5)cc4)c4cccc-3c24)cc1. The molecule has 0 saturated carbocycles. The number of para-hydroxylation sites is 1. The number of benzene rings is 9. The lowest BCUT2D eigenvalue weighted by atomic mass is 9.82. The molecule has 2 nitrogen and oxygen atoms in total. The Morgan fingerprint density at radius 1 is 0.298 bits per heavy atom. The molecule has 1 aliphatic carbocycles. The lowest BCUT2D eigenvalue weighted by Gasteiger charge is -2.26. The topological polar surface area (TPSA) is 16.1 Å². The van der Waals surface area contributed by atoms with Crippen LogP contribution in [0.25, 0.3) is 88.3 Å². The Bertz CT molecular complexity index is 2990. The van der Waals surface area contributed by atoms with Gasteiger partial charge < -0.3 is 4.90 Å². The average molecular weight is 725 g/mol. The van der Waals surface area contributed by atoms with Crippen LogP contribution in [-0.2, 0) is 0 Å². The van der Waals surface area contributed by atoms with Crippen LogP contribution in [-0.4, -0.2) is 4.98 Å². The molecule has 0 amide bonds. The molecule has 0 atom stereocenters. The molecule has 0 fully saturated rings. The maximum atomic E-state index is 4.37. The van der Waals surface area contributed by atoms with Gasteiger partial charge in [0.2, 0.25) is 0 Å². The quantitative estimate of drug-likeness (QED) is 0.163. The zero-order valence-corrected chi connectivity index (χ0v) is 31.2. The molecule has 0 N–H and O–H groups in total. The molecule has 57 heavy (non-hydrogen) atoms. The Labute approximate surface area is 332 Å². The first-order chi connectivity index (χ1) is 28.3. The van der Waals surface area contributed by atoms with Gasteiger partial charge in [0.05, 0.1) is 0 Å². The molecule has 2 heteroatoms. The smallest absolute Gasteiger partial charge is 0.0467 e. The molecule has 1 aliphatic rings. The van der Waals surface area contributed by atoms with Crippen LogP contribution in [0, 0.1) is 0 Å². The monoisotopic (exact) mass is 724 g/mol. The first-order valence-corrected chi connectivity index (χ1v) is 19.5. The third kappa shape index (κ3) is 5.45. The van der Waals surface area contributed by atoms with Crippen LogP contribution in [0.3, 0.4) is 0 Å². The molecule has 0 aliphatic heterocycles. The molecule has 10 aromatic rings. The first-order valence-electron chi connectivity index (χ1n) is 19.5. The van der Waals surface area contributed by atoms with Crippen molar-refractivity contribution in [2.75, 3.05) is 4.90 Å². The van der Waals surface area contributed by atoms with Crippen molar-refractivity contribution < 1.29 is 0 Å². The van der Waals surface area contributed by atoms with Gasteiger partial charge in [-0.05, 0) is 125 Å². The number of hydrogen-bond donors (Lipinski definition) is 0. The summed E-state index contributed by atoms with van der Waals surface area (Å²) in [6, 6.07) is 74.9. The fraction of sp³-hybridized carbons (Fsp3) is 0. The van der Waals surface area contributed by atoms with Crippen molar-refractivity contribution in [3.63, 3.8) is 0 Å². The molecule has 0 saturated heterocycles. The van der Waals surface area contributed by atoms with E-state index in [0.717, 1.165) is 28.2 Å². The van der Waals surface area contributed by atoms with Crippen molar-refractivity contribution in [2.24, 2.45) is 0 Å². The third-order valence-electron chi connectivity index (χ3n) is 11.5. The number of anilines is 3. The van der Waals surface area contributed by atoms with Gasteiger partial charge in [-0.2, -0.15) is 0 Å². The Morgan fingerprint density at radius 2 is 0.807 bits per heavy atom. The molecule has 266 valence electrons. The van der Waals surface area contributed by atoms with E-state index in [0.29, 0.717) is 0 Å². The van der Waals surface area contributed by atoms with E-state index in [2.05, 4.69) is 210 Å². The van der Waals surface area contributed by atoms with Crippen LogP contribution < -0.4 is 4.90 Å². The average Bonchev–Trinajstić information content (AvgIpc) is 3.62. The summed E-state index contributed by atoms with van der Waals surface area (Å²) in [6.07, 6.45) is 3.74. The molecule has 1 heterocycles. The van der Waals surface area contributed by atoms with Crippen molar-refractivity contribution >= 4 is 38.6 Å². The first kappa shape index (κ1) is 32.8. The summed E-state index contributed by atoms with van der Waals surface area (Å²) < 4.78 is 0. The van der Waals surface area contributed by atoms with E-state index in [-0.39, 0.29) is 0 Å². The van der Waals surface area contributed by atoms with Gasteiger partial charge in [-0.3, -0.25) is 4.98 Å². The summed E-state index contributed by atoms with van der Waals surface area (Å²) in [5, 5.41) is 5.13. The second-order valence-electron chi connectivity index (χ2n) is 14.7. The molecule has 0 unspecified atom stereocenters. The standard InChI is InChI=1S/C55H36N2/c1-4-15-38(16-5-1)51-47-24-10-11-25-48(47)52(39-17-6-2-7-18-39)55-50-33-32-45(46-26-13-27-49(53(46)50)54(51)55)37-28-30-43(31-29-37)57(42-21-8-3-9-22-42)44-23-12-19-40(35-44)41-20-14-34-56-36-41/h1-36H. The second kappa shape index (κ2) is 13.6. The minimum absolute atomic E-state index is 1.09. The molecular weight excluding hydrogens is 689 g/mol. The van der Waals surface area contributed by atoms with Gasteiger partial charge in [-0.25, -0.2) is 0 Å². The highest BCUT2D eigenvalue weighted by Crippen LogP contribution is 2.58. The van der Waals surface area contributed by atoms with Crippen molar-refractivity contribution in [3.8, 4) is 66.8 Å². The molecule has 0 bridgehead atoms. The Hall–Kier alpha value is -7.55. The summed E-state index contributed by atoms with van der Waals surface area (Å²) in [5.74, 6) is 0. The molecule has 9 aromatic carbocycles. The maximum Gasteiger partial charge on any atom is 0.0467 e. The fourth-order valence-electron chi connectivity index (χ4n) is 9.03. The number of rotatable bonds is 7. The normalized spacial score (nSPS) is 11.5. The van der Waals surface area contributed by atoms with Gasteiger partial charge in [0.15, 0.2) is 0 Å². The highest BCUT2D eigenvalue weighted by Gasteiger charge is 2.31. The van der Waals surface area contributed by atoms with Gasteiger partial charge in [-0.1, -0.05) is 164 Å². The molecule has 1 aromatic heterocycles.